The molecule has 0 aliphatic heterocycles. The zero-order valence-electron chi connectivity index (χ0n) is 17.6. The minimum absolute atomic E-state index is 0.0942. The van der Waals surface area contributed by atoms with Crippen LogP contribution in [0.2, 0.25) is 0 Å². The summed E-state index contributed by atoms with van der Waals surface area (Å²) in [6, 6.07) is 24.1. The van der Waals surface area contributed by atoms with Crippen LogP contribution in [0.3, 0.4) is 0 Å². The zero-order valence-corrected chi connectivity index (χ0v) is 17.6. The highest BCUT2D eigenvalue weighted by atomic mass is 16.6. The molecule has 0 fully saturated rings. The van der Waals surface area contributed by atoms with Gasteiger partial charge in [-0.1, -0.05) is 72.8 Å². The van der Waals surface area contributed by atoms with Gasteiger partial charge in [-0.15, -0.1) is 0 Å². The van der Waals surface area contributed by atoms with E-state index in [1.54, 1.807) is 0 Å². The molecule has 0 heterocycles. The van der Waals surface area contributed by atoms with Crippen LogP contribution in [0.25, 0.3) is 0 Å². The molecule has 1 amide bonds. The van der Waals surface area contributed by atoms with Gasteiger partial charge >= 0.3 is 5.97 Å². The number of nitrogens with zero attached hydrogens (tertiary/aromatic N) is 1. The molecular formula is C26H22N2O5. The standard InChI is InChI=1S/C26H22N2O5/c29-25(27-19-11-13-20(14-12-19)28(32)33)23-21(17-7-3-1-4-8-17)15-16-22(24(23)26(30)31)18-9-5-2-6-10-18/h1-16,21-24H,(H,27,29)(H,30,31)/t21-,22-,23-,24+/m0/s1. The summed E-state index contributed by atoms with van der Waals surface area (Å²) in [5, 5.41) is 23.9. The molecule has 1 aliphatic rings. The smallest absolute Gasteiger partial charge is 0.308 e. The third-order valence-corrected chi connectivity index (χ3v) is 5.99. The summed E-state index contributed by atoms with van der Waals surface area (Å²) in [7, 11) is 0. The number of carbonyl (C=O) groups excluding carboxylic acids is 1. The molecule has 0 bridgehead atoms. The number of amides is 1. The van der Waals surface area contributed by atoms with Crippen molar-refractivity contribution in [1.29, 1.82) is 0 Å². The van der Waals surface area contributed by atoms with Crippen LogP contribution in [0.15, 0.2) is 97.1 Å². The third-order valence-electron chi connectivity index (χ3n) is 5.99. The molecule has 0 saturated carbocycles. The average molecular weight is 442 g/mol. The molecule has 0 spiro atoms. The van der Waals surface area contributed by atoms with Gasteiger partial charge in [0.05, 0.1) is 16.8 Å². The predicted octanol–water partition coefficient (Wildman–Crippen LogP) is 4.99. The first-order chi connectivity index (χ1) is 16.0. The van der Waals surface area contributed by atoms with E-state index in [1.807, 2.05) is 72.8 Å². The quantitative estimate of drug-likeness (QED) is 0.318. The molecule has 0 radical (unpaired) electrons. The van der Waals surface area contributed by atoms with Gasteiger partial charge in [0.2, 0.25) is 5.91 Å². The number of non-ortho nitro benzene ring substituents is 1. The number of anilines is 1. The van der Waals surface area contributed by atoms with Gasteiger partial charge in [0.15, 0.2) is 0 Å². The number of allylic oxidation sites excluding steroid dienone is 2. The van der Waals surface area contributed by atoms with Crippen molar-refractivity contribution >= 4 is 23.3 Å². The van der Waals surface area contributed by atoms with Gasteiger partial charge in [0.1, 0.15) is 0 Å². The summed E-state index contributed by atoms with van der Waals surface area (Å²) in [6.07, 6.45) is 3.79. The number of rotatable bonds is 6. The predicted molar refractivity (Wildman–Crippen MR) is 124 cm³/mol. The Morgan fingerprint density at radius 2 is 1.24 bits per heavy atom. The summed E-state index contributed by atoms with van der Waals surface area (Å²) in [4.78, 5) is 36.4. The molecule has 7 nitrogen and oxygen atoms in total. The SMILES string of the molecule is O=C(Nc1ccc([N+](=O)[O-])cc1)[C@@H]1[C@H](C(=O)O)[C@H](c2ccccc2)C=C[C@H]1c1ccccc1. The maximum absolute atomic E-state index is 13.5. The minimum Gasteiger partial charge on any atom is -0.481 e. The molecule has 1 aliphatic carbocycles. The van der Waals surface area contributed by atoms with Crippen molar-refractivity contribution in [2.45, 2.75) is 11.8 Å². The highest BCUT2D eigenvalue weighted by Crippen LogP contribution is 2.45. The van der Waals surface area contributed by atoms with E-state index in [4.69, 9.17) is 0 Å². The highest BCUT2D eigenvalue weighted by molar-refractivity contribution is 5.96. The number of carboxylic acids is 1. The van der Waals surface area contributed by atoms with Gasteiger partial charge in [-0.3, -0.25) is 19.7 Å². The molecule has 0 saturated heterocycles. The van der Waals surface area contributed by atoms with Crippen LogP contribution in [-0.2, 0) is 9.59 Å². The Hall–Kier alpha value is -4.26. The molecule has 2 N–H and O–H groups in total. The molecule has 4 rings (SSSR count). The van der Waals surface area contributed by atoms with Crippen LogP contribution in [-0.4, -0.2) is 21.9 Å². The Morgan fingerprint density at radius 3 is 1.70 bits per heavy atom. The number of benzene rings is 3. The molecule has 33 heavy (non-hydrogen) atoms. The fraction of sp³-hybridized carbons (Fsp3) is 0.154. The van der Waals surface area contributed by atoms with Crippen molar-refractivity contribution in [2.24, 2.45) is 11.8 Å². The van der Waals surface area contributed by atoms with Crippen LogP contribution in [0.1, 0.15) is 23.0 Å². The molecule has 0 unspecified atom stereocenters. The number of carbonyl (C=O) groups is 2. The summed E-state index contributed by atoms with van der Waals surface area (Å²) in [5.74, 6) is -4.31. The van der Waals surface area contributed by atoms with Gasteiger partial charge in [-0.2, -0.15) is 0 Å². The maximum atomic E-state index is 13.5. The Balaban J connectivity index is 1.73. The highest BCUT2D eigenvalue weighted by Gasteiger charge is 2.46. The van der Waals surface area contributed by atoms with E-state index in [1.165, 1.54) is 24.3 Å². The first-order valence-electron chi connectivity index (χ1n) is 10.5. The third kappa shape index (κ3) is 4.67. The van der Waals surface area contributed by atoms with Crippen molar-refractivity contribution in [3.63, 3.8) is 0 Å². The van der Waals surface area contributed by atoms with Gasteiger partial charge in [0, 0.05) is 29.7 Å². The van der Waals surface area contributed by atoms with Crippen molar-refractivity contribution in [1.82, 2.24) is 0 Å². The van der Waals surface area contributed by atoms with Gasteiger partial charge in [-0.25, -0.2) is 0 Å². The Bertz CT molecular complexity index is 1180. The van der Waals surface area contributed by atoms with Crippen LogP contribution in [0.5, 0.6) is 0 Å². The van der Waals surface area contributed by atoms with Gasteiger partial charge in [0.25, 0.3) is 5.69 Å². The second-order valence-electron chi connectivity index (χ2n) is 7.94. The Labute approximate surface area is 190 Å². The van der Waals surface area contributed by atoms with E-state index in [0.29, 0.717) is 5.69 Å². The summed E-state index contributed by atoms with van der Waals surface area (Å²) < 4.78 is 0. The molecule has 166 valence electrons. The molecule has 3 aromatic rings. The summed E-state index contributed by atoms with van der Waals surface area (Å²) in [6.45, 7) is 0. The van der Waals surface area contributed by atoms with E-state index in [-0.39, 0.29) is 5.69 Å². The van der Waals surface area contributed by atoms with Crippen LogP contribution >= 0.6 is 0 Å². The topological polar surface area (TPSA) is 110 Å². The maximum Gasteiger partial charge on any atom is 0.308 e. The molecular weight excluding hydrogens is 420 g/mol. The Morgan fingerprint density at radius 1 is 0.758 bits per heavy atom. The minimum atomic E-state index is -1.06. The molecule has 0 aromatic heterocycles. The number of aliphatic carboxylic acids is 1. The average Bonchev–Trinajstić information content (AvgIpc) is 2.84. The number of carboxylic acid groups (broad SMARTS) is 1. The fourth-order valence-corrected chi connectivity index (χ4v) is 4.44. The number of hydrogen-bond acceptors (Lipinski definition) is 4. The largest absolute Gasteiger partial charge is 0.481 e. The first kappa shape index (κ1) is 22.0. The number of hydrogen-bond donors (Lipinski definition) is 2. The lowest BCUT2D eigenvalue weighted by atomic mass is 9.66. The van der Waals surface area contributed by atoms with E-state index >= 15 is 0 Å². The first-order valence-corrected chi connectivity index (χ1v) is 10.5. The number of nitrogens with one attached hydrogen (secondary N) is 1. The van der Waals surface area contributed by atoms with Crippen molar-refractivity contribution in [3.05, 3.63) is 118 Å². The monoisotopic (exact) mass is 442 g/mol. The molecule has 3 aromatic carbocycles. The summed E-state index contributed by atoms with van der Waals surface area (Å²) in [5.41, 5.74) is 1.94. The van der Waals surface area contributed by atoms with Crippen molar-refractivity contribution in [3.8, 4) is 0 Å². The second kappa shape index (κ2) is 9.48. The zero-order chi connectivity index (χ0) is 23.4. The van der Waals surface area contributed by atoms with E-state index in [2.05, 4.69) is 5.32 Å². The summed E-state index contributed by atoms with van der Waals surface area (Å²) >= 11 is 0. The van der Waals surface area contributed by atoms with Gasteiger partial charge < -0.3 is 10.4 Å². The lowest BCUT2D eigenvalue weighted by Crippen LogP contribution is -2.42. The van der Waals surface area contributed by atoms with E-state index in [0.717, 1.165) is 11.1 Å². The van der Waals surface area contributed by atoms with Crippen molar-refractivity contribution < 1.29 is 19.6 Å². The second-order valence-corrected chi connectivity index (χ2v) is 7.94. The van der Waals surface area contributed by atoms with E-state index in [9.17, 15) is 24.8 Å². The Kier molecular flexibility index (Phi) is 6.31. The number of nitro groups is 1. The molecule has 4 atom stereocenters. The lowest BCUT2D eigenvalue weighted by Gasteiger charge is -2.37. The lowest BCUT2D eigenvalue weighted by molar-refractivity contribution is -0.384. The molecule has 7 heteroatoms. The van der Waals surface area contributed by atoms with Gasteiger partial charge in [-0.05, 0) is 23.3 Å². The fourth-order valence-electron chi connectivity index (χ4n) is 4.44. The van der Waals surface area contributed by atoms with Crippen LogP contribution in [0, 0.1) is 22.0 Å². The normalized spacial score (nSPS) is 21.8. The van der Waals surface area contributed by atoms with Crippen molar-refractivity contribution in [2.75, 3.05) is 5.32 Å². The van der Waals surface area contributed by atoms with Crippen LogP contribution < -0.4 is 5.32 Å². The number of nitro benzene ring substituents is 1. The van der Waals surface area contributed by atoms with Crippen LogP contribution in [0.4, 0.5) is 11.4 Å². The van der Waals surface area contributed by atoms with E-state index < -0.39 is 40.5 Å².